The molecule has 44 heavy (non-hydrogen) atoms. The maximum atomic E-state index is 13.5. The summed E-state index contributed by atoms with van der Waals surface area (Å²) in [6, 6.07) is 21.9. The molecule has 0 saturated carbocycles. The molecule has 2 amide bonds. The number of rotatable bonds is 9. The molecular weight excluding hydrogens is 575 g/mol. The fraction of sp³-hybridized carbons (Fsp3) is 0.129. The number of carbonyl (C=O) groups excluding carboxylic acids is 1. The Hall–Kier alpha value is -5.56. The Balaban J connectivity index is 1.24. The number of hydrogen-bond acceptors (Lipinski definition) is 7. The highest BCUT2D eigenvalue weighted by Crippen LogP contribution is 2.34. The predicted molar refractivity (Wildman–Crippen MR) is 155 cm³/mol. The van der Waals surface area contributed by atoms with Crippen molar-refractivity contribution in [2.75, 3.05) is 10.6 Å². The van der Waals surface area contributed by atoms with E-state index in [0.717, 1.165) is 28.8 Å². The SMILES string of the molecule is NCc1ccccc1-c1ccc(C[n+]2cc(NC(=O)Nc3cc(N=C([O-])Cc4ccccc4)cc(C(F)(F)F)c3)on2)nc1. The first kappa shape index (κ1) is 29.9. The van der Waals surface area contributed by atoms with Crippen molar-refractivity contribution in [2.45, 2.75) is 25.7 Å². The van der Waals surface area contributed by atoms with Crippen LogP contribution in [-0.4, -0.2) is 22.2 Å². The average molecular weight is 602 g/mol. The largest absolute Gasteiger partial charge is 0.861 e. The number of nitrogens with zero attached hydrogens (tertiary/aromatic N) is 4. The van der Waals surface area contributed by atoms with Gasteiger partial charge >= 0.3 is 18.1 Å². The van der Waals surface area contributed by atoms with Crippen LogP contribution in [0, 0.1) is 0 Å². The van der Waals surface area contributed by atoms with Crippen molar-refractivity contribution >= 4 is 29.2 Å². The number of aliphatic imine (C=N–C) groups is 1. The van der Waals surface area contributed by atoms with Crippen LogP contribution in [0.5, 0.6) is 0 Å². The normalized spacial score (nSPS) is 11.8. The van der Waals surface area contributed by atoms with E-state index in [1.54, 1.807) is 36.5 Å². The van der Waals surface area contributed by atoms with Gasteiger partial charge in [-0.2, -0.15) is 13.2 Å². The maximum Gasteiger partial charge on any atom is 0.416 e. The molecule has 2 aromatic heterocycles. The number of amides is 2. The smallest absolute Gasteiger partial charge is 0.416 e. The monoisotopic (exact) mass is 601 g/mol. The molecule has 13 heteroatoms. The van der Waals surface area contributed by atoms with Crippen LogP contribution in [0.15, 0.2) is 107 Å². The number of pyridine rings is 1. The van der Waals surface area contributed by atoms with Gasteiger partial charge in [0, 0.05) is 30.4 Å². The quantitative estimate of drug-likeness (QED) is 0.125. The first-order chi connectivity index (χ1) is 21.2. The third-order valence-electron chi connectivity index (χ3n) is 6.40. The van der Waals surface area contributed by atoms with E-state index in [0.29, 0.717) is 17.8 Å². The second-order valence-electron chi connectivity index (χ2n) is 9.68. The third kappa shape index (κ3) is 7.83. The number of nitrogens with two attached hydrogens (primary N) is 1. The molecule has 0 aliphatic rings. The fourth-order valence-electron chi connectivity index (χ4n) is 4.37. The van der Waals surface area contributed by atoms with Gasteiger partial charge in [-0.05, 0) is 51.5 Å². The highest BCUT2D eigenvalue weighted by atomic mass is 19.4. The van der Waals surface area contributed by atoms with E-state index in [4.69, 9.17) is 10.3 Å². The van der Waals surface area contributed by atoms with Crippen LogP contribution < -0.4 is 26.2 Å². The van der Waals surface area contributed by atoms with E-state index in [1.165, 1.54) is 16.9 Å². The highest BCUT2D eigenvalue weighted by Gasteiger charge is 2.31. The number of anilines is 2. The standard InChI is InChI=1S/C31H26F3N7O3/c32-31(33,34)23-13-25(37-28(42)12-20-6-2-1-3-7-20)15-26(14-23)38-30(43)39-29-19-41(40-44-29)18-24-11-10-22(17-36-24)27-9-5-4-8-21(27)16-35/h1-11,13-15,17,19H,12,16,18,35H2,(H2-,37,38,39,40,42,43). The van der Waals surface area contributed by atoms with Crippen molar-refractivity contribution in [3.8, 4) is 11.1 Å². The zero-order valence-corrected chi connectivity index (χ0v) is 23.1. The highest BCUT2D eigenvalue weighted by molar-refractivity contribution is 5.99. The molecule has 0 bridgehead atoms. The number of carbonyl (C=O) groups is 1. The van der Waals surface area contributed by atoms with Crippen LogP contribution in [0.1, 0.15) is 22.4 Å². The molecule has 0 aliphatic carbocycles. The lowest BCUT2D eigenvalue weighted by atomic mass is 10.0. The van der Waals surface area contributed by atoms with Gasteiger partial charge in [-0.3, -0.25) is 19.8 Å². The summed E-state index contributed by atoms with van der Waals surface area (Å²) in [5, 5.41) is 20.9. The van der Waals surface area contributed by atoms with Gasteiger partial charge < -0.3 is 16.2 Å². The van der Waals surface area contributed by atoms with Crippen LogP contribution in [0.25, 0.3) is 11.1 Å². The van der Waals surface area contributed by atoms with Crippen LogP contribution in [0.3, 0.4) is 0 Å². The summed E-state index contributed by atoms with van der Waals surface area (Å²) in [6.45, 7) is 0.621. The Morgan fingerprint density at radius 1 is 1.00 bits per heavy atom. The molecule has 3 aromatic carbocycles. The number of nitrogens with one attached hydrogen (secondary N) is 2. The molecule has 224 valence electrons. The number of urea groups is 1. The van der Waals surface area contributed by atoms with Crippen molar-refractivity contribution in [1.29, 1.82) is 0 Å². The molecule has 5 aromatic rings. The zero-order chi connectivity index (χ0) is 31.1. The molecule has 0 saturated heterocycles. The molecular formula is C31H26F3N7O3. The van der Waals surface area contributed by atoms with Crippen molar-refractivity contribution in [3.63, 3.8) is 0 Å². The predicted octanol–water partition coefficient (Wildman–Crippen LogP) is 4.83. The molecule has 0 spiro atoms. The van der Waals surface area contributed by atoms with Crippen molar-refractivity contribution < 1.29 is 32.3 Å². The second kappa shape index (κ2) is 13.2. The summed E-state index contributed by atoms with van der Waals surface area (Å²) < 4.78 is 47.2. The Kier molecular flexibility index (Phi) is 8.95. The number of benzene rings is 3. The van der Waals surface area contributed by atoms with E-state index in [2.05, 4.69) is 25.9 Å². The molecule has 2 heterocycles. The second-order valence-corrected chi connectivity index (χ2v) is 9.68. The van der Waals surface area contributed by atoms with Gasteiger partial charge in [-0.25, -0.2) is 4.79 Å². The van der Waals surface area contributed by atoms with Gasteiger partial charge in [0.25, 0.3) is 6.20 Å². The summed E-state index contributed by atoms with van der Waals surface area (Å²) in [7, 11) is 0. The van der Waals surface area contributed by atoms with Gasteiger partial charge in [-0.15, -0.1) is 0 Å². The molecule has 0 radical (unpaired) electrons. The zero-order valence-electron chi connectivity index (χ0n) is 23.1. The maximum absolute atomic E-state index is 13.5. The minimum absolute atomic E-state index is 0.0640. The summed E-state index contributed by atoms with van der Waals surface area (Å²) in [5.41, 5.74) is 8.49. The van der Waals surface area contributed by atoms with Gasteiger partial charge in [0.15, 0.2) is 0 Å². The number of alkyl halides is 3. The van der Waals surface area contributed by atoms with Gasteiger partial charge in [-0.1, -0.05) is 60.7 Å². The number of halogens is 3. The van der Waals surface area contributed by atoms with Crippen LogP contribution in [0.4, 0.5) is 35.2 Å². The lowest BCUT2D eigenvalue weighted by molar-refractivity contribution is -0.755. The number of aromatic nitrogens is 3. The first-order valence-corrected chi connectivity index (χ1v) is 13.3. The van der Waals surface area contributed by atoms with E-state index in [1.807, 2.05) is 36.4 Å². The van der Waals surface area contributed by atoms with Crippen molar-refractivity contribution in [3.05, 3.63) is 120 Å². The fourth-order valence-corrected chi connectivity index (χ4v) is 4.37. The lowest BCUT2D eigenvalue weighted by Crippen LogP contribution is -2.35. The summed E-state index contributed by atoms with van der Waals surface area (Å²) in [4.78, 5) is 20.9. The topological polar surface area (TPSA) is 145 Å². The van der Waals surface area contributed by atoms with E-state index < -0.39 is 23.7 Å². The molecule has 0 fully saturated rings. The van der Waals surface area contributed by atoms with E-state index >= 15 is 0 Å². The average Bonchev–Trinajstić information content (AvgIpc) is 3.43. The molecule has 0 aliphatic heterocycles. The minimum Gasteiger partial charge on any atom is -0.861 e. The first-order valence-electron chi connectivity index (χ1n) is 13.3. The Labute approximate surface area is 249 Å². The minimum atomic E-state index is -4.74. The Morgan fingerprint density at radius 3 is 2.50 bits per heavy atom. The van der Waals surface area contributed by atoms with Crippen LogP contribution in [0.2, 0.25) is 0 Å². The number of hydrogen-bond donors (Lipinski definition) is 3. The summed E-state index contributed by atoms with van der Waals surface area (Å²) in [5.74, 6) is -0.701. The molecule has 4 N–H and O–H groups in total. The Morgan fingerprint density at radius 2 is 1.77 bits per heavy atom. The lowest BCUT2D eigenvalue weighted by Gasteiger charge is -2.14. The molecule has 0 atom stereocenters. The summed E-state index contributed by atoms with van der Waals surface area (Å²) in [6.07, 6.45) is -1.71. The van der Waals surface area contributed by atoms with Gasteiger partial charge in [0.05, 0.1) is 11.3 Å². The van der Waals surface area contributed by atoms with Crippen LogP contribution in [-0.2, 0) is 25.7 Å². The Bertz CT molecular complexity index is 1770. The molecule has 10 nitrogen and oxygen atoms in total. The van der Waals surface area contributed by atoms with Crippen LogP contribution >= 0.6 is 0 Å². The molecule has 0 unspecified atom stereocenters. The van der Waals surface area contributed by atoms with Gasteiger partial charge in [0.1, 0.15) is 5.69 Å². The van der Waals surface area contributed by atoms with E-state index in [-0.39, 0.29) is 30.2 Å². The summed E-state index contributed by atoms with van der Waals surface area (Å²) >= 11 is 0. The van der Waals surface area contributed by atoms with Crippen molar-refractivity contribution in [1.82, 2.24) is 10.3 Å². The molecule has 5 rings (SSSR count). The third-order valence-corrected chi connectivity index (χ3v) is 6.40. The van der Waals surface area contributed by atoms with E-state index in [9.17, 15) is 23.1 Å². The van der Waals surface area contributed by atoms with Gasteiger partial charge in [0.2, 0.25) is 11.8 Å². The van der Waals surface area contributed by atoms with Crippen molar-refractivity contribution in [2.24, 2.45) is 10.7 Å².